The first-order valence-electron chi connectivity index (χ1n) is 11.1. The van der Waals surface area contributed by atoms with Crippen LogP contribution in [0.25, 0.3) is 11.1 Å². The zero-order chi connectivity index (χ0) is 28.1. The van der Waals surface area contributed by atoms with Crippen molar-refractivity contribution in [2.45, 2.75) is 24.7 Å². The van der Waals surface area contributed by atoms with Gasteiger partial charge in [-0.15, -0.1) is 0 Å². The molecule has 0 spiro atoms. The summed E-state index contributed by atoms with van der Waals surface area (Å²) < 4.78 is 15.0. The van der Waals surface area contributed by atoms with E-state index in [4.69, 9.17) is 49.4 Å². The number of carbonyl (C=O) groups excluding carboxylic acids is 1. The number of halogens is 3. The molecule has 3 aromatic carbocycles. The van der Waals surface area contributed by atoms with E-state index in [2.05, 4.69) is 5.32 Å². The van der Waals surface area contributed by atoms with Gasteiger partial charge in [-0.1, -0.05) is 41.4 Å². The lowest BCUT2D eigenvalue weighted by Crippen LogP contribution is -2.39. The maximum atomic E-state index is 15.0. The Morgan fingerprint density at radius 1 is 0.921 bits per heavy atom. The number of primary amides is 1. The van der Waals surface area contributed by atoms with Crippen molar-refractivity contribution in [3.05, 3.63) is 92.7 Å². The molecular formula is C26H23Cl2FN2O7. The molecule has 3 atom stereocenters. The fourth-order valence-corrected chi connectivity index (χ4v) is 4.21. The topological polar surface area (TPSA) is 170 Å². The summed E-state index contributed by atoms with van der Waals surface area (Å²) in [5, 5.41) is 36.9. The largest absolute Gasteiger partial charge is 0.479 e. The van der Waals surface area contributed by atoms with Crippen LogP contribution in [-0.4, -0.2) is 57.0 Å². The van der Waals surface area contributed by atoms with Crippen molar-refractivity contribution in [2.75, 3.05) is 6.54 Å². The van der Waals surface area contributed by atoms with Gasteiger partial charge in [-0.2, -0.15) is 0 Å². The fourth-order valence-electron chi connectivity index (χ4n) is 3.90. The van der Waals surface area contributed by atoms with Gasteiger partial charge in [0.2, 0.25) is 5.91 Å². The van der Waals surface area contributed by atoms with Crippen LogP contribution in [0.2, 0.25) is 10.0 Å². The monoisotopic (exact) mass is 564 g/mol. The van der Waals surface area contributed by atoms with E-state index in [1.165, 1.54) is 0 Å². The molecular weight excluding hydrogens is 542 g/mol. The molecule has 0 bridgehead atoms. The zero-order valence-electron chi connectivity index (χ0n) is 19.6. The Morgan fingerprint density at radius 2 is 1.53 bits per heavy atom. The first kappa shape index (κ1) is 29.0. The Labute approximate surface area is 226 Å². The Balaban J connectivity index is 0.000000342. The van der Waals surface area contributed by atoms with Crippen molar-refractivity contribution in [2.24, 2.45) is 5.73 Å². The molecule has 0 aromatic heterocycles. The van der Waals surface area contributed by atoms with Crippen molar-refractivity contribution in [1.82, 2.24) is 5.32 Å². The third kappa shape index (κ3) is 6.66. The predicted octanol–water partition coefficient (Wildman–Crippen LogP) is 3.01. The Morgan fingerprint density at radius 3 is 2.05 bits per heavy atom. The summed E-state index contributed by atoms with van der Waals surface area (Å²) in [6, 6.07) is 15.6. The normalized spacial score (nSPS) is 15.9. The number of carboxylic acid groups (broad SMARTS) is 2. The number of hydrogen-bond donors (Lipinski definition) is 6. The van der Waals surface area contributed by atoms with Crippen molar-refractivity contribution >= 4 is 41.0 Å². The molecule has 0 aliphatic carbocycles. The molecule has 0 fully saturated rings. The summed E-state index contributed by atoms with van der Waals surface area (Å²) in [5.74, 6) is -4.37. The lowest BCUT2D eigenvalue weighted by Gasteiger charge is -2.28. The van der Waals surface area contributed by atoms with E-state index in [0.717, 1.165) is 16.7 Å². The summed E-state index contributed by atoms with van der Waals surface area (Å²) in [4.78, 5) is 30.8. The van der Waals surface area contributed by atoms with Crippen molar-refractivity contribution in [3.63, 3.8) is 0 Å². The summed E-state index contributed by atoms with van der Waals surface area (Å²) in [5.41, 5.74) is 9.81. The third-order valence-electron chi connectivity index (χ3n) is 5.90. The summed E-state index contributed by atoms with van der Waals surface area (Å²) >= 11 is 12.2. The highest BCUT2D eigenvalue weighted by molar-refractivity contribution is 6.42. The highest BCUT2D eigenvalue weighted by Crippen LogP contribution is 2.36. The summed E-state index contributed by atoms with van der Waals surface area (Å²) in [6.45, 7) is 1.34. The number of carboxylic acids is 2. The van der Waals surface area contributed by atoms with Gasteiger partial charge in [-0.05, 0) is 58.7 Å². The van der Waals surface area contributed by atoms with Crippen LogP contribution in [0.15, 0.2) is 54.6 Å². The van der Waals surface area contributed by atoms with Crippen LogP contribution in [0.5, 0.6) is 0 Å². The zero-order valence-corrected chi connectivity index (χ0v) is 21.1. The number of rotatable bonds is 6. The Kier molecular flexibility index (Phi) is 9.42. The quantitative estimate of drug-likeness (QED) is 0.265. The van der Waals surface area contributed by atoms with E-state index in [0.29, 0.717) is 39.8 Å². The van der Waals surface area contributed by atoms with E-state index in [-0.39, 0.29) is 11.7 Å². The van der Waals surface area contributed by atoms with Gasteiger partial charge in [-0.25, -0.2) is 14.0 Å². The molecule has 1 unspecified atom stereocenters. The van der Waals surface area contributed by atoms with Crippen LogP contribution in [0, 0.1) is 5.82 Å². The minimum atomic E-state index is -2.27. The third-order valence-corrected chi connectivity index (χ3v) is 6.64. The molecule has 1 amide bonds. The molecule has 38 heavy (non-hydrogen) atoms. The van der Waals surface area contributed by atoms with Crippen LogP contribution >= 0.6 is 23.2 Å². The Hall–Kier alpha value is -3.54. The van der Waals surface area contributed by atoms with Gasteiger partial charge in [-0.3, -0.25) is 4.79 Å². The fraction of sp³-hybridized carbons (Fsp3) is 0.192. The lowest BCUT2D eigenvalue weighted by atomic mass is 9.84. The summed E-state index contributed by atoms with van der Waals surface area (Å²) in [6.07, 6.45) is -4.53. The number of amides is 1. The Bertz CT molecular complexity index is 1350. The van der Waals surface area contributed by atoms with Crippen LogP contribution < -0.4 is 11.1 Å². The van der Waals surface area contributed by atoms with Crippen molar-refractivity contribution in [1.29, 1.82) is 0 Å². The van der Waals surface area contributed by atoms with Gasteiger partial charge in [0.1, 0.15) is 5.82 Å². The number of hydrogen-bond acceptors (Lipinski definition) is 6. The highest BCUT2D eigenvalue weighted by atomic mass is 35.5. The SMILES string of the molecule is NC(=O)c1ccc(-c2cc3c(cc2F)C(c2ccc(Cl)c(Cl)c2)CNC3)cc1.O=C(O)[C@H](O)[C@@H](O)C(=O)O. The van der Waals surface area contributed by atoms with Gasteiger partial charge in [0.15, 0.2) is 12.2 Å². The van der Waals surface area contributed by atoms with Gasteiger partial charge >= 0.3 is 11.9 Å². The molecule has 1 aliphatic heterocycles. The van der Waals surface area contributed by atoms with Crippen LogP contribution in [0.4, 0.5) is 4.39 Å². The van der Waals surface area contributed by atoms with Crippen molar-refractivity contribution < 1.29 is 39.2 Å². The molecule has 1 heterocycles. The van der Waals surface area contributed by atoms with E-state index in [1.54, 1.807) is 36.4 Å². The van der Waals surface area contributed by atoms with Crippen LogP contribution in [-0.2, 0) is 16.1 Å². The molecule has 0 radical (unpaired) electrons. The van der Waals surface area contributed by atoms with Gasteiger partial charge < -0.3 is 31.5 Å². The average Bonchev–Trinajstić information content (AvgIpc) is 2.89. The van der Waals surface area contributed by atoms with E-state index in [1.807, 2.05) is 18.2 Å². The number of nitrogens with one attached hydrogen (secondary N) is 1. The number of aliphatic hydroxyl groups is 2. The minimum Gasteiger partial charge on any atom is -0.479 e. The molecule has 200 valence electrons. The van der Waals surface area contributed by atoms with Crippen molar-refractivity contribution in [3.8, 4) is 11.1 Å². The number of aliphatic hydroxyl groups excluding tert-OH is 2. The lowest BCUT2D eigenvalue weighted by molar-refractivity contribution is -0.165. The second-order valence-corrected chi connectivity index (χ2v) is 9.21. The maximum Gasteiger partial charge on any atom is 0.335 e. The number of fused-ring (bicyclic) bond motifs is 1. The second kappa shape index (κ2) is 12.3. The first-order valence-corrected chi connectivity index (χ1v) is 11.9. The van der Waals surface area contributed by atoms with E-state index >= 15 is 0 Å². The van der Waals surface area contributed by atoms with E-state index in [9.17, 15) is 18.8 Å². The molecule has 0 saturated carbocycles. The number of aliphatic carboxylic acids is 2. The molecule has 3 aromatic rings. The molecule has 9 nitrogen and oxygen atoms in total. The molecule has 12 heteroatoms. The second-order valence-electron chi connectivity index (χ2n) is 8.40. The molecule has 7 N–H and O–H groups in total. The maximum absolute atomic E-state index is 15.0. The molecule has 4 rings (SSSR count). The standard InChI is InChI=1S/C22H17Cl2FN2O.C4H6O6/c23-19-6-5-14(8-20(19)24)18-11-27-10-15-7-17(21(25)9-16(15)18)12-1-3-13(4-2-12)22(26)28;5-1(3(7)8)2(6)4(9)10/h1-9,18,27H,10-11H2,(H2,26,28);1-2,5-6H,(H,7,8)(H,9,10)/t;1-,2-/m.1/s1. The number of nitrogens with two attached hydrogens (primary N) is 1. The average molecular weight is 565 g/mol. The predicted molar refractivity (Wildman–Crippen MR) is 138 cm³/mol. The minimum absolute atomic E-state index is 0.0145. The van der Waals surface area contributed by atoms with Gasteiger partial charge in [0, 0.05) is 30.1 Å². The number of carbonyl (C=O) groups is 3. The van der Waals surface area contributed by atoms with Gasteiger partial charge in [0.05, 0.1) is 10.0 Å². The summed E-state index contributed by atoms with van der Waals surface area (Å²) in [7, 11) is 0. The number of benzene rings is 3. The highest BCUT2D eigenvalue weighted by Gasteiger charge is 2.29. The molecule has 1 aliphatic rings. The molecule has 0 saturated heterocycles. The van der Waals surface area contributed by atoms with E-state index < -0.39 is 30.1 Å². The first-order chi connectivity index (χ1) is 17.9. The van der Waals surface area contributed by atoms with Gasteiger partial charge in [0.25, 0.3) is 0 Å². The smallest absolute Gasteiger partial charge is 0.335 e. The van der Waals surface area contributed by atoms with Crippen LogP contribution in [0.1, 0.15) is 33.0 Å². The van der Waals surface area contributed by atoms with Crippen LogP contribution in [0.3, 0.4) is 0 Å².